The number of carbonyl (C=O) groups excluding carboxylic acids is 1. The highest BCUT2D eigenvalue weighted by molar-refractivity contribution is 8.13. The molecule has 0 amide bonds. The number of carbonyl (C=O) groups is 1. The second-order valence-electron chi connectivity index (χ2n) is 2.80. The van der Waals surface area contributed by atoms with Crippen molar-refractivity contribution < 1.29 is 9.90 Å². The number of hydrogen-bond acceptors (Lipinski definition) is 3. The minimum absolute atomic E-state index is 0.116. The van der Waals surface area contributed by atoms with E-state index in [2.05, 4.69) is 0 Å². The molecule has 0 heterocycles. The molecule has 0 aliphatic rings. The van der Waals surface area contributed by atoms with Crippen molar-refractivity contribution in [2.45, 2.75) is 6.92 Å². The summed E-state index contributed by atoms with van der Waals surface area (Å²) >= 11 is 1.27. The largest absolute Gasteiger partial charge is 0.508 e. The second kappa shape index (κ2) is 5.50. The molecule has 0 radical (unpaired) electrons. The summed E-state index contributed by atoms with van der Waals surface area (Å²) < 4.78 is 0. The predicted molar refractivity (Wildman–Crippen MR) is 60.3 cm³/mol. The van der Waals surface area contributed by atoms with Crippen molar-refractivity contribution in [2.75, 3.05) is 5.75 Å². The van der Waals surface area contributed by atoms with Gasteiger partial charge in [0.05, 0.1) is 0 Å². The molecule has 3 heteroatoms. The SMILES string of the molecule is CC(=O)SCC=Cc1cccc(O)c1. The van der Waals surface area contributed by atoms with Crippen molar-refractivity contribution in [1.29, 1.82) is 0 Å². The van der Waals surface area contributed by atoms with Gasteiger partial charge < -0.3 is 5.11 Å². The molecular formula is C11H12O2S. The van der Waals surface area contributed by atoms with E-state index in [1.54, 1.807) is 25.1 Å². The van der Waals surface area contributed by atoms with E-state index in [1.165, 1.54) is 11.8 Å². The molecule has 1 aromatic rings. The average Bonchev–Trinajstić information content (AvgIpc) is 2.12. The van der Waals surface area contributed by atoms with Crippen LogP contribution < -0.4 is 0 Å². The molecule has 0 spiro atoms. The molecular weight excluding hydrogens is 196 g/mol. The zero-order chi connectivity index (χ0) is 10.4. The van der Waals surface area contributed by atoms with Gasteiger partial charge in [-0.1, -0.05) is 36.0 Å². The molecule has 0 unspecified atom stereocenters. The topological polar surface area (TPSA) is 37.3 Å². The summed E-state index contributed by atoms with van der Waals surface area (Å²) in [6.07, 6.45) is 3.79. The fourth-order valence-electron chi connectivity index (χ4n) is 0.978. The Morgan fingerprint density at radius 3 is 3.00 bits per heavy atom. The lowest BCUT2D eigenvalue weighted by Gasteiger charge is -1.94. The lowest BCUT2D eigenvalue weighted by Crippen LogP contribution is -1.81. The molecule has 2 nitrogen and oxygen atoms in total. The minimum atomic E-state index is 0.116. The number of benzene rings is 1. The van der Waals surface area contributed by atoms with Gasteiger partial charge in [-0.25, -0.2) is 0 Å². The van der Waals surface area contributed by atoms with Crippen LogP contribution >= 0.6 is 11.8 Å². The normalized spacial score (nSPS) is 10.6. The fourth-order valence-corrected chi connectivity index (χ4v) is 1.41. The third kappa shape index (κ3) is 4.14. The lowest BCUT2D eigenvalue weighted by atomic mass is 10.2. The molecule has 0 atom stereocenters. The van der Waals surface area contributed by atoms with Crippen LogP contribution in [0.5, 0.6) is 5.75 Å². The number of aromatic hydroxyl groups is 1. The van der Waals surface area contributed by atoms with Crippen molar-refractivity contribution in [1.82, 2.24) is 0 Å². The Bertz CT molecular complexity index is 345. The third-order valence-corrected chi connectivity index (χ3v) is 2.33. The Morgan fingerprint density at radius 2 is 2.36 bits per heavy atom. The maximum atomic E-state index is 10.6. The Kier molecular flexibility index (Phi) is 4.26. The van der Waals surface area contributed by atoms with Crippen molar-refractivity contribution >= 4 is 23.0 Å². The fraction of sp³-hybridized carbons (Fsp3) is 0.182. The first kappa shape index (κ1) is 10.9. The second-order valence-corrected chi connectivity index (χ2v) is 4.00. The molecule has 0 aromatic heterocycles. The van der Waals surface area contributed by atoms with Gasteiger partial charge in [-0.05, 0) is 17.7 Å². The zero-order valence-electron chi connectivity index (χ0n) is 7.93. The highest BCUT2D eigenvalue weighted by atomic mass is 32.2. The van der Waals surface area contributed by atoms with Gasteiger partial charge in [0, 0.05) is 12.7 Å². The van der Waals surface area contributed by atoms with E-state index in [1.807, 2.05) is 18.2 Å². The molecule has 1 aromatic carbocycles. The molecule has 1 rings (SSSR count). The van der Waals surface area contributed by atoms with Crippen molar-refractivity contribution in [3.05, 3.63) is 35.9 Å². The number of thioether (sulfide) groups is 1. The minimum Gasteiger partial charge on any atom is -0.508 e. The van der Waals surface area contributed by atoms with Gasteiger partial charge in [-0.3, -0.25) is 4.79 Å². The van der Waals surface area contributed by atoms with Crippen LogP contribution in [0.1, 0.15) is 12.5 Å². The molecule has 0 aliphatic carbocycles. The number of rotatable bonds is 3. The maximum absolute atomic E-state index is 10.6. The van der Waals surface area contributed by atoms with E-state index < -0.39 is 0 Å². The van der Waals surface area contributed by atoms with Crippen LogP contribution in [0.4, 0.5) is 0 Å². The predicted octanol–water partition coefficient (Wildman–Crippen LogP) is 2.69. The van der Waals surface area contributed by atoms with Crippen LogP contribution in [0.15, 0.2) is 30.3 Å². The standard InChI is InChI=1S/C11H12O2S/c1-9(12)14-7-3-5-10-4-2-6-11(13)8-10/h2-6,8,13H,7H2,1H3. The van der Waals surface area contributed by atoms with Gasteiger partial charge in [-0.15, -0.1) is 0 Å². The smallest absolute Gasteiger partial charge is 0.186 e. The van der Waals surface area contributed by atoms with Gasteiger partial charge in [0.15, 0.2) is 5.12 Å². The number of phenols is 1. The van der Waals surface area contributed by atoms with E-state index in [4.69, 9.17) is 5.11 Å². The lowest BCUT2D eigenvalue weighted by molar-refractivity contribution is -0.109. The monoisotopic (exact) mass is 208 g/mol. The Hall–Kier alpha value is -1.22. The van der Waals surface area contributed by atoms with Crippen LogP contribution in [-0.4, -0.2) is 16.0 Å². The highest BCUT2D eigenvalue weighted by Gasteiger charge is 1.91. The Balaban J connectivity index is 2.47. The summed E-state index contributed by atoms with van der Waals surface area (Å²) in [6, 6.07) is 6.98. The van der Waals surface area contributed by atoms with Gasteiger partial charge in [0.2, 0.25) is 0 Å². The summed E-state index contributed by atoms with van der Waals surface area (Å²) in [5, 5.41) is 9.28. The first-order valence-corrected chi connectivity index (χ1v) is 5.26. The summed E-state index contributed by atoms with van der Waals surface area (Å²) in [5.74, 6) is 0.928. The van der Waals surface area contributed by atoms with Gasteiger partial charge in [-0.2, -0.15) is 0 Å². The molecule has 0 fully saturated rings. The van der Waals surface area contributed by atoms with E-state index in [9.17, 15) is 4.79 Å². The van der Waals surface area contributed by atoms with Crippen LogP contribution in [0.2, 0.25) is 0 Å². The summed E-state index contributed by atoms with van der Waals surface area (Å²) in [7, 11) is 0. The number of phenolic OH excluding ortho intramolecular Hbond substituents is 1. The molecule has 0 saturated carbocycles. The zero-order valence-corrected chi connectivity index (χ0v) is 8.75. The quantitative estimate of drug-likeness (QED) is 0.829. The van der Waals surface area contributed by atoms with E-state index in [0.717, 1.165) is 5.56 Å². The van der Waals surface area contributed by atoms with Crippen molar-refractivity contribution in [3.8, 4) is 5.75 Å². The Morgan fingerprint density at radius 1 is 1.57 bits per heavy atom. The summed E-state index contributed by atoms with van der Waals surface area (Å²) in [6.45, 7) is 1.55. The van der Waals surface area contributed by atoms with E-state index >= 15 is 0 Å². The van der Waals surface area contributed by atoms with Gasteiger partial charge in [0.1, 0.15) is 5.75 Å². The van der Waals surface area contributed by atoms with Gasteiger partial charge >= 0.3 is 0 Å². The Labute approximate surface area is 87.6 Å². The first-order chi connectivity index (χ1) is 6.68. The van der Waals surface area contributed by atoms with Crippen LogP contribution in [0.3, 0.4) is 0 Å². The summed E-state index contributed by atoms with van der Waals surface area (Å²) in [4.78, 5) is 10.6. The highest BCUT2D eigenvalue weighted by Crippen LogP contribution is 2.12. The van der Waals surface area contributed by atoms with Gasteiger partial charge in [0.25, 0.3) is 0 Å². The average molecular weight is 208 g/mol. The van der Waals surface area contributed by atoms with E-state index in [0.29, 0.717) is 5.75 Å². The van der Waals surface area contributed by atoms with Crippen molar-refractivity contribution in [2.24, 2.45) is 0 Å². The molecule has 0 aliphatic heterocycles. The van der Waals surface area contributed by atoms with E-state index in [-0.39, 0.29) is 10.9 Å². The molecule has 1 N–H and O–H groups in total. The molecule has 0 saturated heterocycles. The number of hydrogen-bond donors (Lipinski definition) is 1. The molecule has 74 valence electrons. The van der Waals surface area contributed by atoms with Crippen molar-refractivity contribution in [3.63, 3.8) is 0 Å². The molecule has 0 bridgehead atoms. The van der Waals surface area contributed by atoms with Crippen LogP contribution in [0, 0.1) is 0 Å². The maximum Gasteiger partial charge on any atom is 0.186 e. The van der Waals surface area contributed by atoms with Crippen LogP contribution in [-0.2, 0) is 4.79 Å². The summed E-state index contributed by atoms with van der Waals surface area (Å²) in [5.41, 5.74) is 0.939. The van der Waals surface area contributed by atoms with Crippen LogP contribution in [0.25, 0.3) is 6.08 Å². The first-order valence-electron chi connectivity index (χ1n) is 4.27. The third-order valence-electron chi connectivity index (χ3n) is 1.56. The molecule has 14 heavy (non-hydrogen) atoms.